The number of aryl methyl sites for hydroxylation is 1. The zero-order valence-corrected chi connectivity index (χ0v) is 11.4. The van der Waals surface area contributed by atoms with Gasteiger partial charge < -0.3 is 10.6 Å². The number of thiophene rings is 1. The average Bonchev–Trinajstić information content (AvgIpc) is 2.94. The zero-order valence-electron chi connectivity index (χ0n) is 10.6. The number of rotatable bonds is 4. The van der Waals surface area contributed by atoms with E-state index in [2.05, 4.69) is 26.3 Å². The highest BCUT2D eigenvalue weighted by atomic mass is 32.1. The molecule has 0 saturated carbocycles. The van der Waals surface area contributed by atoms with E-state index in [1.165, 1.54) is 5.56 Å². The predicted octanol–water partition coefficient (Wildman–Crippen LogP) is 0.722. The van der Waals surface area contributed by atoms with Crippen LogP contribution in [-0.4, -0.2) is 34.0 Å². The molecule has 0 aromatic carbocycles. The quantitative estimate of drug-likeness (QED) is 0.864. The van der Waals surface area contributed by atoms with Gasteiger partial charge in [0.25, 0.3) is 5.91 Å². The summed E-state index contributed by atoms with van der Waals surface area (Å²) in [6, 6.07) is 0.327. The maximum atomic E-state index is 12.0. The topological polar surface area (TPSA) is 71.8 Å². The normalized spacial score (nSPS) is 15.2. The fourth-order valence-electron chi connectivity index (χ4n) is 1.85. The molecule has 2 aromatic heterocycles. The molecule has 0 spiro atoms. The fourth-order valence-corrected chi connectivity index (χ4v) is 2.71. The van der Waals surface area contributed by atoms with Gasteiger partial charge in [-0.2, -0.15) is 11.3 Å². The van der Waals surface area contributed by atoms with Gasteiger partial charge in [0.1, 0.15) is 0 Å². The van der Waals surface area contributed by atoms with Gasteiger partial charge in [-0.3, -0.25) is 4.79 Å². The van der Waals surface area contributed by atoms with Crippen LogP contribution in [0.2, 0.25) is 0 Å². The summed E-state index contributed by atoms with van der Waals surface area (Å²) < 4.78 is 1.75. The monoisotopic (exact) mass is 277 g/mol. The lowest BCUT2D eigenvalue weighted by Gasteiger charge is -2.26. The van der Waals surface area contributed by atoms with Gasteiger partial charge in [0, 0.05) is 19.6 Å². The van der Waals surface area contributed by atoms with Crippen LogP contribution in [0.25, 0.3) is 0 Å². The fraction of sp³-hybridized carbons (Fsp3) is 0.417. The van der Waals surface area contributed by atoms with Crippen LogP contribution < -0.4 is 10.6 Å². The Bertz CT molecular complexity index is 586. The highest BCUT2D eigenvalue weighted by molar-refractivity contribution is 7.08. The first-order chi connectivity index (χ1) is 9.24. The number of carbonyl (C=O) groups excluding carboxylic acids is 1. The summed E-state index contributed by atoms with van der Waals surface area (Å²) in [6.45, 7) is 4.35. The first-order valence-corrected chi connectivity index (χ1v) is 7.11. The first kappa shape index (κ1) is 12.3. The van der Waals surface area contributed by atoms with Crippen molar-refractivity contribution in [2.75, 3.05) is 13.1 Å². The number of carbonyl (C=O) groups is 1. The van der Waals surface area contributed by atoms with Crippen LogP contribution in [0.4, 0.5) is 0 Å². The lowest BCUT2D eigenvalue weighted by molar-refractivity contribution is 0.0946. The van der Waals surface area contributed by atoms with E-state index in [1.54, 1.807) is 22.2 Å². The van der Waals surface area contributed by atoms with Gasteiger partial charge in [-0.15, -0.1) is 5.10 Å². The molecule has 7 heteroatoms. The van der Waals surface area contributed by atoms with Gasteiger partial charge in [-0.1, -0.05) is 5.21 Å². The average molecular weight is 277 g/mol. The molecular weight excluding hydrogens is 262 g/mol. The van der Waals surface area contributed by atoms with Crippen LogP contribution in [0.15, 0.2) is 17.0 Å². The van der Waals surface area contributed by atoms with Crippen molar-refractivity contribution in [1.29, 1.82) is 0 Å². The molecule has 2 N–H and O–H groups in total. The molecule has 0 radical (unpaired) electrons. The van der Waals surface area contributed by atoms with E-state index in [9.17, 15) is 4.79 Å². The maximum Gasteiger partial charge on any atom is 0.273 e. The Balaban J connectivity index is 1.60. The third kappa shape index (κ3) is 2.52. The smallest absolute Gasteiger partial charge is 0.273 e. The van der Waals surface area contributed by atoms with Crippen LogP contribution in [-0.2, 0) is 6.54 Å². The molecule has 0 unspecified atom stereocenters. The van der Waals surface area contributed by atoms with Crippen LogP contribution in [0, 0.1) is 6.92 Å². The Morgan fingerprint density at radius 3 is 3.05 bits per heavy atom. The molecule has 3 rings (SSSR count). The minimum absolute atomic E-state index is 0.177. The van der Waals surface area contributed by atoms with E-state index in [0.29, 0.717) is 18.3 Å². The van der Waals surface area contributed by atoms with Crippen LogP contribution in [0.5, 0.6) is 0 Å². The van der Waals surface area contributed by atoms with Crippen LogP contribution in [0.1, 0.15) is 27.7 Å². The van der Waals surface area contributed by atoms with E-state index in [4.69, 9.17) is 0 Å². The predicted molar refractivity (Wildman–Crippen MR) is 72.2 cm³/mol. The molecule has 1 saturated heterocycles. The van der Waals surface area contributed by atoms with E-state index < -0.39 is 0 Å². The second-order valence-corrected chi connectivity index (χ2v) is 5.40. The molecule has 0 aliphatic carbocycles. The van der Waals surface area contributed by atoms with Gasteiger partial charge in [-0.05, 0) is 28.8 Å². The second kappa shape index (κ2) is 5.10. The van der Waals surface area contributed by atoms with Crippen molar-refractivity contribution in [2.45, 2.75) is 19.5 Å². The number of hydrogen-bond donors (Lipinski definition) is 2. The molecule has 3 heterocycles. The second-order valence-electron chi connectivity index (χ2n) is 4.66. The summed E-state index contributed by atoms with van der Waals surface area (Å²) in [4.78, 5) is 12.0. The Kier molecular flexibility index (Phi) is 3.31. The minimum Gasteiger partial charge on any atom is -0.346 e. The van der Waals surface area contributed by atoms with Crippen LogP contribution >= 0.6 is 11.3 Å². The summed E-state index contributed by atoms with van der Waals surface area (Å²) in [5.41, 5.74) is 2.73. The summed E-state index contributed by atoms with van der Waals surface area (Å²) in [6.07, 6.45) is 1.71. The Hall–Kier alpha value is -1.73. The van der Waals surface area contributed by atoms with Gasteiger partial charge in [0.2, 0.25) is 0 Å². The number of amides is 1. The number of hydrogen-bond acceptors (Lipinski definition) is 5. The maximum absolute atomic E-state index is 12.0. The summed E-state index contributed by atoms with van der Waals surface area (Å²) in [5.74, 6) is -0.177. The molecule has 19 heavy (non-hydrogen) atoms. The van der Waals surface area contributed by atoms with Crippen molar-refractivity contribution in [1.82, 2.24) is 25.6 Å². The van der Waals surface area contributed by atoms with Gasteiger partial charge in [0.15, 0.2) is 5.69 Å². The van der Waals surface area contributed by atoms with Crippen molar-refractivity contribution in [3.05, 3.63) is 33.8 Å². The highest BCUT2D eigenvalue weighted by Crippen LogP contribution is 2.13. The van der Waals surface area contributed by atoms with E-state index >= 15 is 0 Å². The summed E-state index contributed by atoms with van der Waals surface area (Å²) in [5, 5.41) is 18.1. The first-order valence-electron chi connectivity index (χ1n) is 6.16. The molecule has 0 bridgehead atoms. The van der Waals surface area contributed by atoms with Crippen molar-refractivity contribution in [3.63, 3.8) is 0 Å². The SMILES string of the molecule is Cc1cscc1CNC(=O)c1cn(C2CNC2)nn1. The number of nitrogens with one attached hydrogen (secondary N) is 2. The largest absolute Gasteiger partial charge is 0.346 e. The molecule has 6 nitrogen and oxygen atoms in total. The molecule has 0 atom stereocenters. The Morgan fingerprint density at radius 1 is 1.58 bits per heavy atom. The highest BCUT2D eigenvalue weighted by Gasteiger charge is 2.21. The standard InChI is InChI=1S/C12H15N5OS/c1-8-6-19-7-9(8)2-14-12(18)11-5-17(16-15-11)10-3-13-4-10/h5-7,10,13H,2-4H2,1H3,(H,14,18). The lowest BCUT2D eigenvalue weighted by Crippen LogP contribution is -2.43. The Labute approximate surface area is 114 Å². The molecule has 1 amide bonds. The van der Waals surface area contributed by atoms with E-state index in [-0.39, 0.29) is 5.91 Å². The van der Waals surface area contributed by atoms with Crippen molar-refractivity contribution >= 4 is 17.2 Å². The minimum atomic E-state index is -0.177. The lowest BCUT2D eigenvalue weighted by atomic mass is 10.2. The molecular formula is C12H15N5OS. The van der Waals surface area contributed by atoms with Crippen molar-refractivity contribution in [3.8, 4) is 0 Å². The molecule has 1 aliphatic rings. The van der Waals surface area contributed by atoms with Gasteiger partial charge in [-0.25, -0.2) is 4.68 Å². The number of nitrogens with zero attached hydrogens (tertiary/aromatic N) is 3. The van der Waals surface area contributed by atoms with Crippen molar-refractivity contribution in [2.24, 2.45) is 0 Å². The van der Waals surface area contributed by atoms with E-state index in [1.807, 2.05) is 12.3 Å². The van der Waals surface area contributed by atoms with Crippen molar-refractivity contribution < 1.29 is 4.79 Å². The summed E-state index contributed by atoms with van der Waals surface area (Å²) >= 11 is 1.64. The Morgan fingerprint density at radius 2 is 2.42 bits per heavy atom. The zero-order chi connectivity index (χ0) is 13.2. The summed E-state index contributed by atoms with van der Waals surface area (Å²) in [7, 11) is 0. The van der Waals surface area contributed by atoms with Gasteiger partial charge >= 0.3 is 0 Å². The third-order valence-electron chi connectivity index (χ3n) is 3.28. The van der Waals surface area contributed by atoms with Crippen LogP contribution in [0.3, 0.4) is 0 Å². The molecule has 2 aromatic rings. The number of aromatic nitrogens is 3. The third-order valence-corrected chi connectivity index (χ3v) is 4.19. The van der Waals surface area contributed by atoms with Gasteiger partial charge in [0.05, 0.1) is 12.2 Å². The molecule has 100 valence electrons. The van der Waals surface area contributed by atoms with E-state index in [0.717, 1.165) is 18.7 Å². The molecule has 1 aliphatic heterocycles. The molecule has 1 fully saturated rings.